The van der Waals surface area contributed by atoms with Gasteiger partial charge in [0, 0.05) is 6.42 Å². The molecular formula is C19H22O4. The molecule has 1 aromatic carbocycles. The lowest BCUT2D eigenvalue weighted by atomic mass is 9.98. The average Bonchev–Trinajstić information content (AvgIpc) is 2.69. The highest BCUT2D eigenvalue weighted by Crippen LogP contribution is 2.29. The van der Waals surface area contributed by atoms with Gasteiger partial charge in [-0.15, -0.1) is 0 Å². The Bertz CT molecular complexity index is 628. The second kappa shape index (κ2) is 8.44. The molecule has 1 atom stereocenters. The first-order chi connectivity index (χ1) is 11.1. The summed E-state index contributed by atoms with van der Waals surface area (Å²) in [5, 5.41) is 18.3. The van der Waals surface area contributed by atoms with E-state index in [1.807, 2.05) is 12.1 Å². The number of aliphatic carboxylic acids is 1. The number of hydrogen-bond donors (Lipinski definition) is 2. The summed E-state index contributed by atoms with van der Waals surface area (Å²) >= 11 is 0. The van der Waals surface area contributed by atoms with Crippen LogP contribution in [0.15, 0.2) is 42.5 Å². The number of carboxylic acids is 1. The molecule has 1 aliphatic rings. The van der Waals surface area contributed by atoms with Crippen LogP contribution in [0.3, 0.4) is 0 Å². The van der Waals surface area contributed by atoms with Gasteiger partial charge in [-0.05, 0) is 42.4 Å². The smallest absolute Gasteiger partial charge is 0.310 e. The number of hydrogen-bond acceptors (Lipinski definition) is 3. The molecule has 0 amide bonds. The van der Waals surface area contributed by atoms with Crippen LogP contribution in [0.4, 0.5) is 0 Å². The SMILES string of the molecule is O=C(O)CC(=O)C[C@H](O)C=CC=C1CCCCc2ccccc21. The topological polar surface area (TPSA) is 74.6 Å². The Labute approximate surface area is 136 Å². The molecule has 4 heteroatoms. The maximum Gasteiger partial charge on any atom is 0.310 e. The van der Waals surface area contributed by atoms with Gasteiger partial charge in [0.1, 0.15) is 12.2 Å². The minimum atomic E-state index is -1.16. The van der Waals surface area contributed by atoms with Crippen molar-refractivity contribution in [3.63, 3.8) is 0 Å². The fraction of sp³-hybridized carbons (Fsp3) is 0.368. The van der Waals surface area contributed by atoms with Gasteiger partial charge in [-0.3, -0.25) is 9.59 Å². The number of carbonyl (C=O) groups is 2. The first-order valence-electron chi connectivity index (χ1n) is 7.93. The lowest BCUT2D eigenvalue weighted by Gasteiger charge is -2.08. The number of Topliss-reactive ketones (excluding diaryl/α,β-unsaturated/α-hetero) is 1. The van der Waals surface area contributed by atoms with E-state index in [1.54, 1.807) is 12.2 Å². The number of benzene rings is 1. The van der Waals surface area contributed by atoms with E-state index in [0.29, 0.717) is 0 Å². The van der Waals surface area contributed by atoms with Gasteiger partial charge in [0.25, 0.3) is 0 Å². The van der Waals surface area contributed by atoms with Gasteiger partial charge in [0.05, 0.1) is 6.10 Å². The molecule has 0 saturated carbocycles. The molecule has 23 heavy (non-hydrogen) atoms. The normalized spacial score (nSPS) is 17.7. The number of ketones is 1. The van der Waals surface area contributed by atoms with Crippen molar-refractivity contribution in [2.75, 3.05) is 0 Å². The molecule has 0 fully saturated rings. The van der Waals surface area contributed by atoms with E-state index in [-0.39, 0.29) is 6.42 Å². The van der Waals surface area contributed by atoms with E-state index in [4.69, 9.17) is 5.11 Å². The third-order valence-electron chi connectivity index (χ3n) is 3.92. The Kier molecular flexibility index (Phi) is 6.29. The number of aliphatic hydroxyl groups excluding tert-OH is 1. The van der Waals surface area contributed by atoms with E-state index < -0.39 is 24.3 Å². The fourth-order valence-corrected chi connectivity index (χ4v) is 2.83. The van der Waals surface area contributed by atoms with Crippen molar-refractivity contribution in [2.24, 2.45) is 0 Å². The molecule has 2 rings (SSSR count). The Morgan fingerprint density at radius 2 is 1.91 bits per heavy atom. The number of fused-ring (bicyclic) bond motifs is 1. The van der Waals surface area contributed by atoms with Crippen molar-refractivity contribution in [3.8, 4) is 0 Å². The molecule has 122 valence electrons. The number of rotatable bonds is 6. The standard InChI is InChI=1S/C19H22O4/c20-16(12-17(21)13-19(22)23)10-5-9-15-7-2-1-6-14-8-3-4-11-18(14)15/h3-5,8-11,16,20H,1-2,6-7,12-13H2,(H,22,23)/t16-/m1/s1. The van der Waals surface area contributed by atoms with Crippen molar-refractivity contribution >= 4 is 17.3 Å². The number of aryl methyl sites for hydroxylation is 1. The van der Waals surface area contributed by atoms with E-state index in [0.717, 1.165) is 19.3 Å². The summed E-state index contributed by atoms with van der Waals surface area (Å²) in [7, 11) is 0. The molecule has 1 aliphatic carbocycles. The molecular weight excluding hydrogens is 292 g/mol. The Morgan fingerprint density at radius 3 is 2.70 bits per heavy atom. The van der Waals surface area contributed by atoms with Crippen LogP contribution in [0.5, 0.6) is 0 Å². The Morgan fingerprint density at radius 1 is 1.17 bits per heavy atom. The molecule has 0 unspecified atom stereocenters. The Hall–Kier alpha value is -2.20. The monoisotopic (exact) mass is 314 g/mol. The molecule has 1 aromatic rings. The number of carboxylic acid groups (broad SMARTS) is 1. The fourth-order valence-electron chi connectivity index (χ4n) is 2.83. The van der Waals surface area contributed by atoms with Gasteiger partial charge in [0.15, 0.2) is 0 Å². The second-order valence-corrected chi connectivity index (χ2v) is 5.82. The highest BCUT2D eigenvalue weighted by Gasteiger charge is 2.12. The lowest BCUT2D eigenvalue weighted by Crippen LogP contribution is -2.14. The predicted molar refractivity (Wildman–Crippen MR) is 89.0 cm³/mol. The molecule has 0 aromatic heterocycles. The average molecular weight is 314 g/mol. The molecule has 0 bridgehead atoms. The van der Waals surface area contributed by atoms with Crippen LogP contribution >= 0.6 is 0 Å². The van der Waals surface area contributed by atoms with E-state index in [9.17, 15) is 14.7 Å². The highest BCUT2D eigenvalue weighted by molar-refractivity contribution is 5.94. The molecule has 0 radical (unpaired) electrons. The molecule has 2 N–H and O–H groups in total. The van der Waals surface area contributed by atoms with Gasteiger partial charge in [-0.2, -0.15) is 0 Å². The predicted octanol–water partition coefficient (Wildman–Crippen LogP) is 3.15. The molecule has 0 aliphatic heterocycles. The van der Waals surface area contributed by atoms with Crippen LogP contribution in [0, 0.1) is 0 Å². The number of carbonyl (C=O) groups excluding carboxylic acids is 1. The number of aliphatic hydroxyl groups is 1. The molecule has 0 heterocycles. The third-order valence-corrected chi connectivity index (χ3v) is 3.92. The van der Waals surface area contributed by atoms with Gasteiger partial charge >= 0.3 is 5.97 Å². The quantitative estimate of drug-likeness (QED) is 0.625. The van der Waals surface area contributed by atoms with Crippen molar-refractivity contribution in [1.82, 2.24) is 0 Å². The molecule has 0 saturated heterocycles. The summed E-state index contributed by atoms with van der Waals surface area (Å²) in [4.78, 5) is 21.8. The third kappa shape index (κ3) is 5.49. The maximum atomic E-state index is 11.3. The van der Waals surface area contributed by atoms with E-state index in [2.05, 4.69) is 18.2 Å². The first kappa shape index (κ1) is 17.2. The molecule has 0 spiro atoms. The van der Waals surface area contributed by atoms with E-state index >= 15 is 0 Å². The van der Waals surface area contributed by atoms with Crippen molar-refractivity contribution in [3.05, 3.63) is 53.6 Å². The first-order valence-corrected chi connectivity index (χ1v) is 7.93. The molecule has 4 nitrogen and oxygen atoms in total. The van der Waals surface area contributed by atoms with Crippen molar-refractivity contribution in [2.45, 2.75) is 44.6 Å². The minimum absolute atomic E-state index is 0.164. The van der Waals surface area contributed by atoms with Gasteiger partial charge < -0.3 is 10.2 Å². The largest absolute Gasteiger partial charge is 0.481 e. The lowest BCUT2D eigenvalue weighted by molar-refractivity contribution is -0.140. The number of allylic oxidation sites excluding steroid dienone is 3. The van der Waals surface area contributed by atoms with Crippen LogP contribution in [0.2, 0.25) is 0 Å². The highest BCUT2D eigenvalue weighted by atomic mass is 16.4. The van der Waals surface area contributed by atoms with Crippen molar-refractivity contribution in [1.29, 1.82) is 0 Å². The van der Waals surface area contributed by atoms with Gasteiger partial charge in [-0.1, -0.05) is 42.5 Å². The maximum absolute atomic E-state index is 11.3. The zero-order valence-electron chi connectivity index (χ0n) is 13.1. The minimum Gasteiger partial charge on any atom is -0.481 e. The van der Waals surface area contributed by atoms with Crippen LogP contribution in [-0.2, 0) is 16.0 Å². The summed E-state index contributed by atoms with van der Waals surface area (Å²) < 4.78 is 0. The van der Waals surface area contributed by atoms with Crippen LogP contribution in [0.1, 0.15) is 43.2 Å². The zero-order chi connectivity index (χ0) is 16.7. The van der Waals surface area contributed by atoms with E-state index in [1.165, 1.54) is 23.1 Å². The van der Waals surface area contributed by atoms with Crippen LogP contribution in [0.25, 0.3) is 5.57 Å². The van der Waals surface area contributed by atoms with Crippen LogP contribution in [-0.4, -0.2) is 28.1 Å². The Balaban J connectivity index is 2.01. The van der Waals surface area contributed by atoms with Gasteiger partial charge in [-0.25, -0.2) is 0 Å². The van der Waals surface area contributed by atoms with Gasteiger partial charge in [0.2, 0.25) is 0 Å². The zero-order valence-corrected chi connectivity index (χ0v) is 13.1. The second-order valence-electron chi connectivity index (χ2n) is 5.82. The summed E-state index contributed by atoms with van der Waals surface area (Å²) in [5.74, 6) is -1.63. The van der Waals surface area contributed by atoms with Crippen LogP contribution < -0.4 is 0 Å². The van der Waals surface area contributed by atoms with Crippen molar-refractivity contribution < 1.29 is 19.8 Å². The summed E-state index contributed by atoms with van der Waals surface area (Å²) in [5.41, 5.74) is 3.84. The summed E-state index contributed by atoms with van der Waals surface area (Å²) in [6.45, 7) is 0. The summed E-state index contributed by atoms with van der Waals surface area (Å²) in [6, 6.07) is 8.35. The summed E-state index contributed by atoms with van der Waals surface area (Å²) in [6.07, 6.45) is 8.02.